The van der Waals surface area contributed by atoms with E-state index in [1.807, 2.05) is 54.0 Å². The lowest BCUT2D eigenvalue weighted by Crippen LogP contribution is -2.21. The minimum Gasteiger partial charge on any atom is -0.452 e. The summed E-state index contributed by atoms with van der Waals surface area (Å²) in [6, 6.07) is 23.4. The lowest BCUT2D eigenvalue weighted by molar-refractivity contribution is -0.119. The Morgan fingerprint density at radius 2 is 1.87 bits per heavy atom. The molecule has 1 amide bonds. The van der Waals surface area contributed by atoms with E-state index < -0.39 is 18.5 Å². The van der Waals surface area contributed by atoms with E-state index in [2.05, 4.69) is 10.3 Å². The first kappa shape index (κ1) is 19.9. The van der Waals surface area contributed by atoms with Crippen LogP contribution in [0, 0.1) is 18.3 Å². The Morgan fingerprint density at radius 3 is 2.65 bits per heavy atom. The van der Waals surface area contributed by atoms with Gasteiger partial charge < -0.3 is 10.1 Å². The third kappa shape index (κ3) is 4.28. The summed E-state index contributed by atoms with van der Waals surface area (Å²) >= 11 is 0. The first-order valence-electron chi connectivity index (χ1n) is 9.57. The maximum Gasteiger partial charge on any atom is 0.338 e. The van der Waals surface area contributed by atoms with Gasteiger partial charge in [0.2, 0.25) is 0 Å². The van der Waals surface area contributed by atoms with Crippen LogP contribution >= 0.6 is 0 Å². The number of carbonyl (C=O) groups is 2. The minimum absolute atomic E-state index is 0.310. The molecule has 1 aromatic heterocycles. The largest absolute Gasteiger partial charge is 0.452 e. The van der Waals surface area contributed by atoms with E-state index in [1.165, 1.54) is 0 Å². The van der Waals surface area contributed by atoms with Crippen LogP contribution in [0.3, 0.4) is 0 Å². The number of ether oxygens (including phenoxy) is 1. The number of hydrogen-bond donors (Lipinski definition) is 1. The highest BCUT2D eigenvalue weighted by atomic mass is 16.5. The lowest BCUT2D eigenvalue weighted by Gasteiger charge is -2.08. The SMILES string of the molecule is Cc1nc2cc(C(=O)OCC(=O)Nc3cccc(C#N)c3)ccc2n1-c1ccccc1. The number of aryl methyl sites for hydroxylation is 1. The molecule has 0 saturated heterocycles. The summed E-state index contributed by atoms with van der Waals surface area (Å²) < 4.78 is 7.15. The molecule has 4 aromatic rings. The van der Waals surface area contributed by atoms with Crippen LogP contribution in [0.4, 0.5) is 5.69 Å². The molecule has 1 heterocycles. The van der Waals surface area contributed by atoms with Gasteiger partial charge in [-0.1, -0.05) is 24.3 Å². The van der Waals surface area contributed by atoms with Gasteiger partial charge in [-0.15, -0.1) is 0 Å². The number of amides is 1. The Morgan fingerprint density at radius 1 is 1.06 bits per heavy atom. The molecule has 0 aliphatic carbocycles. The van der Waals surface area contributed by atoms with Crippen LogP contribution in [0.15, 0.2) is 72.8 Å². The number of nitrogens with zero attached hydrogens (tertiary/aromatic N) is 3. The molecule has 0 fully saturated rings. The molecule has 7 nitrogen and oxygen atoms in total. The van der Waals surface area contributed by atoms with Crippen molar-refractivity contribution < 1.29 is 14.3 Å². The van der Waals surface area contributed by atoms with Gasteiger partial charge in [-0.3, -0.25) is 9.36 Å². The molecule has 0 saturated carbocycles. The van der Waals surface area contributed by atoms with Gasteiger partial charge in [-0.25, -0.2) is 9.78 Å². The number of nitrogens with one attached hydrogen (secondary N) is 1. The molecule has 1 N–H and O–H groups in total. The molecule has 0 aliphatic rings. The van der Waals surface area contributed by atoms with Crippen LogP contribution in [-0.2, 0) is 9.53 Å². The van der Waals surface area contributed by atoms with E-state index in [4.69, 9.17) is 10.00 Å². The second-order valence-corrected chi connectivity index (χ2v) is 6.85. The van der Waals surface area contributed by atoms with Crippen LogP contribution in [0.25, 0.3) is 16.7 Å². The average Bonchev–Trinajstić information content (AvgIpc) is 3.13. The highest BCUT2D eigenvalue weighted by Crippen LogP contribution is 2.22. The number of carbonyl (C=O) groups excluding carboxylic acids is 2. The number of rotatable bonds is 5. The van der Waals surface area contributed by atoms with E-state index >= 15 is 0 Å². The standard InChI is InChI=1S/C24H18N4O3/c1-16-26-21-13-18(10-11-22(21)28(16)20-8-3-2-4-9-20)24(30)31-15-23(29)27-19-7-5-6-17(12-19)14-25/h2-13H,15H2,1H3,(H,27,29). The lowest BCUT2D eigenvalue weighted by atomic mass is 10.2. The first-order valence-corrected chi connectivity index (χ1v) is 9.57. The van der Waals surface area contributed by atoms with Gasteiger partial charge in [0.1, 0.15) is 5.82 Å². The molecule has 3 aromatic carbocycles. The summed E-state index contributed by atoms with van der Waals surface area (Å²) in [7, 11) is 0. The molecular weight excluding hydrogens is 392 g/mol. The fourth-order valence-electron chi connectivity index (χ4n) is 3.31. The second kappa shape index (κ2) is 8.51. The topological polar surface area (TPSA) is 97.0 Å². The van der Waals surface area contributed by atoms with Crippen molar-refractivity contribution in [3.8, 4) is 11.8 Å². The molecule has 0 spiro atoms. The monoisotopic (exact) mass is 410 g/mol. The minimum atomic E-state index is -0.616. The van der Waals surface area contributed by atoms with Gasteiger partial charge in [-0.2, -0.15) is 5.26 Å². The summed E-state index contributed by atoms with van der Waals surface area (Å²) in [5.74, 6) is -0.311. The van der Waals surface area contributed by atoms with Crippen LogP contribution in [-0.4, -0.2) is 28.0 Å². The smallest absolute Gasteiger partial charge is 0.338 e. The van der Waals surface area contributed by atoms with Gasteiger partial charge in [0.25, 0.3) is 5.91 Å². The number of nitriles is 1. The Hall–Kier alpha value is -4.44. The van der Waals surface area contributed by atoms with Gasteiger partial charge in [0.15, 0.2) is 6.61 Å². The number of esters is 1. The Kier molecular flexibility index (Phi) is 5.45. The molecular formula is C24H18N4O3. The summed E-state index contributed by atoms with van der Waals surface area (Å²) in [5.41, 5.74) is 3.71. The predicted octanol–water partition coefficient (Wildman–Crippen LogP) is 4.00. The highest BCUT2D eigenvalue weighted by Gasteiger charge is 2.15. The van der Waals surface area contributed by atoms with E-state index in [1.54, 1.807) is 36.4 Å². The number of benzene rings is 3. The van der Waals surface area contributed by atoms with Crippen molar-refractivity contribution in [1.29, 1.82) is 5.26 Å². The third-order valence-corrected chi connectivity index (χ3v) is 4.68. The molecule has 0 radical (unpaired) electrons. The Labute approximate surface area is 178 Å². The van der Waals surface area contributed by atoms with Crippen molar-refractivity contribution in [2.45, 2.75) is 6.92 Å². The van der Waals surface area contributed by atoms with Crippen LogP contribution in [0.5, 0.6) is 0 Å². The molecule has 0 atom stereocenters. The third-order valence-electron chi connectivity index (χ3n) is 4.68. The maximum atomic E-state index is 12.4. The quantitative estimate of drug-likeness (QED) is 0.502. The molecule has 0 bridgehead atoms. The van der Waals surface area contributed by atoms with Crippen LogP contribution in [0.2, 0.25) is 0 Å². The van der Waals surface area contributed by atoms with E-state index in [0.29, 0.717) is 22.3 Å². The second-order valence-electron chi connectivity index (χ2n) is 6.85. The molecule has 0 unspecified atom stereocenters. The number of anilines is 1. The van der Waals surface area contributed by atoms with Crippen molar-refractivity contribution in [2.75, 3.05) is 11.9 Å². The van der Waals surface area contributed by atoms with E-state index in [0.717, 1.165) is 17.0 Å². The van der Waals surface area contributed by atoms with Crippen molar-refractivity contribution in [3.05, 3.63) is 89.7 Å². The van der Waals surface area contributed by atoms with Crippen LogP contribution < -0.4 is 5.32 Å². The van der Waals surface area contributed by atoms with E-state index in [9.17, 15) is 9.59 Å². The van der Waals surface area contributed by atoms with Crippen molar-refractivity contribution in [2.24, 2.45) is 0 Å². The molecule has 0 aliphatic heterocycles. The molecule has 4 rings (SSSR count). The number of hydrogen-bond acceptors (Lipinski definition) is 5. The number of fused-ring (bicyclic) bond motifs is 1. The first-order chi connectivity index (χ1) is 15.0. The van der Waals surface area contributed by atoms with Gasteiger partial charge >= 0.3 is 5.97 Å². The van der Waals surface area contributed by atoms with Crippen molar-refractivity contribution in [1.82, 2.24) is 9.55 Å². The highest BCUT2D eigenvalue weighted by molar-refractivity contribution is 5.97. The van der Waals surface area contributed by atoms with E-state index in [-0.39, 0.29) is 0 Å². The van der Waals surface area contributed by atoms with Gasteiger partial charge in [-0.05, 0) is 55.5 Å². The number of para-hydroxylation sites is 1. The van der Waals surface area contributed by atoms with Crippen LogP contribution in [0.1, 0.15) is 21.7 Å². The number of imidazole rings is 1. The Balaban J connectivity index is 1.46. The zero-order chi connectivity index (χ0) is 21.8. The summed E-state index contributed by atoms with van der Waals surface area (Å²) in [6.45, 7) is 1.46. The summed E-state index contributed by atoms with van der Waals surface area (Å²) in [5, 5.41) is 11.5. The molecule has 31 heavy (non-hydrogen) atoms. The zero-order valence-electron chi connectivity index (χ0n) is 16.7. The maximum absolute atomic E-state index is 12.4. The normalized spacial score (nSPS) is 10.5. The molecule has 7 heteroatoms. The van der Waals surface area contributed by atoms with Crippen molar-refractivity contribution >= 4 is 28.6 Å². The number of aromatic nitrogens is 2. The average molecular weight is 410 g/mol. The van der Waals surface area contributed by atoms with Gasteiger partial charge in [0, 0.05) is 11.4 Å². The Bertz CT molecular complexity index is 1320. The van der Waals surface area contributed by atoms with Crippen molar-refractivity contribution in [3.63, 3.8) is 0 Å². The van der Waals surface area contributed by atoms with Gasteiger partial charge in [0.05, 0.1) is 28.2 Å². The summed E-state index contributed by atoms with van der Waals surface area (Å²) in [6.07, 6.45) is 0. The summed E-state index contributed by atoms with van der Waals surface area (Å²) in [4.78, 5) is 29.1. The molecule has 152 valence electrons. The fraction of sp³-hybridized carbons (Fsp3) is 0.0833. The predicted molar refractivity (Wildman–Crippen MR) is 116 cm³/mol. The zero-order valence-corrected chi connectivity index (χ0v) is 16.7. The fourth-order valence-corrected chi connectivity index (χ4v) is 3.31.